The zero-order valence-corrected chi connectivity index (χ0v) is 10.7. The summed E-state index contributed by atoms with van der Waals surface area (Å²) in [7, 11) is 0. The van der Waals surface area contributed by atoms with Crippen LogP contribution in [-0.2, 0) is 24.3 Å². The van der Waals surface area contributed by atoms with Crippen LogP contribution in [0.2, 0.25) is 0 Å². The van der Waals surface area contributed by atoms with Gasteiger partial charge in [0.15, 0.2) is 0 Å². The van der Waals surface area contributed by atoms with Gasteiger partial charge in [-0.25, -0.2) is 4.98 Å². The Balaban J connectivity index is 1.65. The smallest absolute Gasteiger partial charge is 0.227 e. The molecule has 7 nitrogen and oxygen atoms in total. The van der Waals surface area contributed by atoms with Crippen molar-refractivity contribution in [3.63, 3.8) is 0 Å². The van der Waals surface area contributed by atoms with Crippen LogP contribution < -0.4 is 0 Å². The van der Waals surface area contributed by atoms with Crippen LogP contribution in [0.15, 0.2) is 23.4 Å². The van der Waals surface area contributed by atoms with E-state index in [0.29, 0.717) is 19.6 Å². The van der Waals surface area contributed by atoms with E-state index < -0.39 is 0 Å². The van der Waals surface area contributed by atoms with Crippen LogP contribution in [0.25, 0.3) is 0 Å². The van der Waals surface area contributed by atoms with Crippen LogP contribution in [0, 0.1) is 5.92 Å². The van der Waals surface area contributed by atoms with Crippen molar-refractivity contribution < 1.29 is 9.32 Å². The molecule has 19 heavy (non-hydrogen) atoms. The fourth-order valence-corrected chi connectivity index (χ4v) is 2.33. The van der Waals surface area contributed by atoms with Gasteiger partial charge in [-0.3, -0.25) is 9.48 Å². The Hall–Kier alpha value is -2.18. The number of aromatic nitrogens is 4. The fraction of sp³-hybridized carbons (Fsp3) is 0.500. The highest BCUT2D eigenvalue weighted by atomic mass is 16.5. The summed E-state index contributed by atoms with van der Waals surface area (Å²) in [6, 6.07) is 0. The molecule has 0 N–H and O–H groups in total. The van der Waals surface area contributed by atoms with Gasteiger partial charge in [-0.05, 0) is 0 Å². The van der Waals surface area contributed by atoms with Gasteiger partial charge in [-0.15, -0.1) is 0 Å². The number of carbonyl (C=O) groups is 1. The predicted octanol–water partition coefficient (Wildman–Crippen LogP) is 0.487. The second kappa shape index (κ2) is 4.83. The van der Waals surface area contributed by atoms with Crippen molar-refractivity contribution >= 4 is 5.91 Å². The molecule has 0 aliphatic carbocycles. The third-order valence-electron chi connectivity index (χ3n) is 3.37. The van der Waals surface area contributed by atoms with E-state index in [4.69, 9.17) is 4.52 Å². The number of hydrogen-bond donors (Lipinski definition) is 0. The zero-order valence-electron chi connectivity index (χ0n) is 10.7. The molecule has 0 fully saturated rings. The summed E-state index contributed by atoms with van der Waals surface area (Å²) in [4.78, 5) is 18.1. The molecule has 3 heterocycles. The minimum atomic E-state index is -0.122. The normalized spacial score (nSPS) is 16.2. The van der Waals surface area contributed by atoms with E-state index in [2.05, 4.69) is 15.2 Å². The van der Waals surface area contributed by atoms with Crippen molar-refractivity contribution in [2.24, 2.45) is 5.92 Å². The molecule has 0 radical (unpaired) electrons. The summed E-state index contributed by atoms with van der Waals surface area (Å²) >= 11 is 0. The Kier molecular flexibility index (Phi) is 3.02. The van der Waals surface area contributed by atoms with E-state index in [9.17, 15) is 4.79 Å². The SMILES string of the molecule is C[C@H](Cn1cncn1)C(=O)N1CCc2nocc2C1. The van der Waals surface area contributed by atoms with Gasteiger partial charge in [0.25, 0.3) is 0 Å². The van der Waals surface area contributed by atoms with Crippen LogP contribution in [0.4, 0.5) is 0 Å². The van der Waals surface area contributed by atoms with E-state index in [-0.39, 0.29) is 11.8 Å². The molecule has 0 saturated carbocycles. The molecule has 1 aliphatic rings. The molecule has 0 aromatic carbocycles. The molecule has 2 aromatic heterocycles. The number of amides is 1. The van der Waals surface area contributed by atoms with Crippen molar-refractivity contribution in [2.75, 3.05) is 6.54 Å². The van der Waals surface area contributed by atoms with E-state index in [0.717, 1.165) is 17.7 Å². The lowest BCUT2D eigenvalue weighted by atomic mass is 10.1. The van der Waals surface area contributed by atoms with Crippen LogP contribution in [-0.4, -0.2) is 37.3 Å². The maximum absolute atomic E-state index is 12.4. The first kappa shape index (κ1) is 11.9. The maximum Gasteiger partial charge on any atom is 0.227 e. The highest BCUT2D eigenvalue weighted by Gasteiger charge is 2.26. The largest absolute Gasteiger partial charge is 0.364 e. The maximum atomic E-state index is 12.4. The van der Waals surface area contributed by atoms with Crippen molar-refractivity contribution in [1.82, 2.24) is 24.8 Å². The zero-order chi connectivity index (χ0) is 13.2. The summed E-state index contributed by atoms with van der Waals surface area (Å²) in [6.07, 6.45) is 5.48. The van der Waals surface area contributed by atoms with Crippen molar-refractivity contribution in [1.29, 1.82) is 0 Å². The summed E-state index contributed by atoms with van der Waals surface area (Å²) in [5.41, 5.74) is 1.97. The van der Waals surface area contributed by atoms with E-state index in [1.807, 2.05) is 11.8 Å². The Morgan fingerprint density at radius 3 is 3.26 bits per heavy atom. The topological polar surface area (TPSA) is 77.1 Å². The number of fused-ring (bicyclic) bond motifs is 1. The summed E-state index contributed by atoms with van der Waals surface area (Å²) in [6.45, 7) is 3.73. The molecule has 0 bridgehead atoms. The monoisotopic (exact) mass is 261 g/mol. The van der Waals surface area contributed by atoms with Crippen molar-refractivity contribution in [3.8, 4) is 0 Å². The second-order valence-electron chi connectivity index (χ2n) is 4.81. The lowest BCUT2D eigenvalue weighted by molar-refractivity contribution is -0.136. The third kappa shape index (κ3) is 2.35. The molecule has 7 heteroatoms. The predicted molar refractivity (Wildman–Crippen MR) is 64.8 cm³/mol. The standard InChI is InChI=1S/C12H15N5O2/c1-9(4-17-8-13-7-14-17)12(18)16-3-2-11-10(5-16)6-19-15-11/h6-9H,2-5H2,1H3/t9-/m1/s1. The Morgan fingerprint density at radius 2 is 2.47 bits per heavy atom. The van der Waals surface area contributed by atoms with Crippen LogP contribution >= 0.6 is 0 Å². The van der Waals surface area contributed by atoms with E-state index in [1.54, 1.807) is 17.3 Å². The molecule has 1 aliphatic heterocycles. The van der Waals surface area contributed by atoms with E-state index in [1.165, 1.54) is 6.33 Å². The molecule has 3 rings (SSSR count). The molecule has 1 amide bonds. The van der Waals surface area contributed by atoms with Gasteiger partial charge >= 0.3 is 0 Å². The van der Waals surface area contributed by atoms with Gasteiger partial charge in [0.1, 0.15) is 18.9 Å². The molecule has 0 unspecified atom stereocenters. The number of nitrogens with zero attached hydrogens (tertiary/aromatic N) is 5. The summed E-state index contributed by atoms with van der Waals surface area (Å²) < 4.78 is 6.61. The Bertz CT molecular complexity index is 562. The minimum Gasteiger partial charge on any atom is -0.364 e. The van der Waals surface area contributed by atoms with Crippen molar-refractivity contribution in [2.45, 2.75) is 26.4 Å². The first-order valence-corrected chi connectivity index (χ1v) is 6.27. The first-order valence-electron chi connectivity index (χ1n) is 6.27. The molecule has 100 valence electrons. The Labute approximate surface area is 110 Å². The van der Waals surface area contributed by atoms with Gasteiger partial charge in [-0.2, -0.15) is 5.10 Å². The molecule has 0 saturated heterocycles. The lowest BCUT2D eigenvalue weighted by Crippen LogP contribution is -2.40. The van der Waals surface area contributed by atoms with Gasteiger partial charge in [0.2, 0.25) is 5.91 Å². The van der Waals surface area contributed by atoms with Gasteiger partial charge in [-0.1, -0.05) is 12.1 Å². The van der Waals surface area contributed by atoms with Gasteiger partial charge < -0.3 is 9.42 Å². The molecule has 1 atom stereocenters. The minimum absolute atomic E-state index is 0.122. The molecule has 0 spiro atoms. The van der Waals surface area contributed by atoms with Gasteiger partial charge in [0.05, 0.1) is 24.7 Å². The lowest BCUT2D eigenvalue weighted by Gasteiger charge is -2.28. The second-order valence-corrected chi connectivity index (χ2v) is 4.81. The van der Waals surface area contributed by atoms with Crippen LogP contribution in [0.3, 0.4) is 0 Å². The quantitative estimate of drug-likeness (QED) is 0.803. The highest BCUT2D eigenvalue weighted by Crippen LogP contribution is 2.19. The molecular weight excluding hydrogens is 246 g/mol. The number of hydrogen-bond acceptors (Lipinski definition) is 5. The Morgan fingerprint density at radius 1 is 1.58 bits per heavy atom. The highest BCUT2D eigenvalue weighted by molar-refractivity contribution is 5.78. The van der Waals surface area contributed by atoms with Crippen LogP contribution in [0.5, 0.6) is 0 Å². The average Bonchev–Trinajstić information content (AvgIpc) is 3.07. The first-order chi connectivity index (χ1) is 9.24. The fourth-order valence-electron chi connectivity index (χ4n) is 2.33. The third-order valence-corrected chi connectivity index (χ3v) is 3.37. The van der Waals surface area contributed by atoms with Gasteiger partial charge in [0, 0.05) is 18.5 Å². The van der Waals surface area contributed by atoms with Crippen molar-refractivity contribution in [3.05, 3.63) is 30.2 Å². The summed E-state index contributed by atoms with van der Waals surface area (Å²) in [5.74, 6) is 0.00506. The molecule has 2 aromatic rings. The molecular formula is C12H15N5O2. The average molecular weight is 261 g/mol. The number of rotatable bonds is 3. The van der Waals surface area contributed by atoms with E-state index >= 15 is 0 Å². The number of carbonyl (C=O) groups excluding carboxylic acids is 1. The van der Waals surface area contributed by atoms with Crippen LogP contribution in [0.1, 0.15) is 18.2 Å². The summed E-state index contributed by atoms with van der Waals surface area (Å²) in [5, 5.41) is 7.94.